The number of terminal acetylenes is 1. The maximum absolute atomic E-state index is 12.3. The standard InChI is InChI=1S/C9H6F3O4P/c1-2-15-17(13,14)16-8-5-3-4-7(6-8)9(10,11)12/h1,3-6H,(H,13,14). The SMILES string of the molecule is C#COP(=O)(O)Oc1cccc(C(F)(F)F)c1. The third kappa shape index (κ3) is 4.02. The Morgan fingerprint density at radius 3 is 2.59 bits per heavy atom. The van der Waals surface area contributed by atoms with Crippen molar-refractivity contribution in [1.82, 2.24) is 0 Å². The Hall–Kier alpha value is -1.64. The maximum atomic E-state index is 12.3. The van der Waals surface area contributed by atoms with Crippen molar-refractivity contribution in [1.29, 1.82) is 0 Å². The van der Waals surface area contributed by atoms with E-state index in [0.717, 1.165) is 18.2 Å². The lowest BCUT2D eigenvalue weighted by Crippen LogP contribution is -2.05. The number of phosphoric ester groups is 1. The van der Waals surface area contributed by atoms with Crippen LogP contribution < -0.4 is 4.52 Å². The predicted molar refractivity (Wildman–Crippen MR) is 51.8 cm³/mol. The number of phosphoric acid groups is 1. The van der Waals surface area contributed by atoms with Crippen LogP contribution >= 0.6 is 7.82 Å². The van der Waals surface area contributed by atoms with Crippen LogP contribution in [-0.2, 0) is 15.3 Å². The highest BCUT2D eigenvalue weighted by atomic mass is 31.2. The summed E-state index contributed by atoms with van der Waals surface area (Å²) in [6.45, 7) is 0. The van der Waals surface area contributed by atoms with Crippen LogP contribution in [0.25, 0.3) is 0 Å². The highest BCUT2D eigenvalue weighted by Crippen LogP contribution is 2.44. The van der Waals surface area contributed by atoms with E-state index in [4.69, 9.17) is 4.89 Å². The van der Waals surface area contributed by atoms with Crippen LogP contribution in [0, 0.1) is 12.5 Å². The smallest absolute Gasteiger partial charge is 0.395 e. The second kappa shape index (κ2) is 4.70. The first-order valence-corrected chi connectivity index (χ1v) is 5.58. The molecule has 4 nitrogen and oxygen atoms in total. The van der Waals surface area contributed by atoms with E-state index >= 15 is 0 Å². The molecule has 0 heterocycles. The molecule has 1 atom stereocenters. The summed E-state index contributed by atoms with van der Waals surface area (Å²) in [6.07, 6.45) is 1.44. The molecule has 0 aromatic heterocycles. The fraction of sp³-hybridized carbons (Fsp3) is 0.111. The van der Waals surface area contributed by atoms with Gasteiger partial charge in [-0.25, -0.2) is 4.57 Å². The monoisotopic (exact) mass is 266 g/mol. The molecule has 0 aliphatic heterocycles. The van der Waals surface area contributed by atoms with E-state index in [0.29, 0.717) is 6.07 Å². The van der Waals surface area contributed by atoms with Gasteiger partial charge in [0, 0.05) is 0 Å². The molecule has 1 aromatic carbocycles. The summed E-state index contributed by atoms with van der Waals surface area (Å²) in [7, 11) is -4.59. The summed E-state index contributed by atoms with van der Waals surface area (Å²) < 4.78 is 56.1. The molecule has 1 aromatic rings. The fourth-order valence-electron chi connectivity index (χ4n) is 0.948. The summed E-state index contributed by atoms with van der Waals surface area (Å²) >= 11 is 0. The zero-order valence-corrected chi connectivity index (χ0v) is 9.03. The van der Waals surface area contributed by atoms with Gasteiger partial charge in [0.2, 0.25) is 0 Å². The summed E-state index contributed by atoms with van der Waals surface area (Å²) in [6, 6.07) is 3.44. The van der Waals surface area contributed by atoms with Gasteiger partial charge in [-0.3, -0.25) is 4.89 Å². The minimum absolute atomic E-state index is 0.471. The molecule has 0 amide bonds. The Balaban J connectivity index is 2.95. The normalized spacial score (nSPS) is 14.5. The van der Waals surface area contributed by atoms with Gasteiger partial charge in [0.15, 0.2) is 0 Å². The Bertz CT molecular complexity index is 492. The molecule has 0 fully saturated rings. The van der Waals surface area contributed by atoms with E-state index in [1.807, 2.05) is 0 Å². The van der Waals surface area contributed by atoms with E-state index in [9.17, 15) is 17.7 Å². The molecule has 1 rings (SSSR count). The average molecular weight is 266 g/mol. The molecule has 1 N–H and O–H groups in total. The van der Waals surface area contributed by atoms with Gasteiger partial charge >= 0.3 is 14.0 Å². The molecular weight excluding hydrogens is 260 g/mol. The lowest BCUT2D eigenvalue weighted by atomic mass is 10.2. The highest BCUT2D eigenvalue weighted by molar-refractivity contribution is 7.48. The van der Waals surface area contributed by atoms with Crippen molar-refractivity contribution in [2.45, 2.75) is 6.18 Å². The third-order valence-corrected chi connectivity index (χ3v) is 2.33. The van der Waals surface area contributed by atoms with E-state index in [2.05, 4.69) is 15.5 Å². The molecular formula is C9H6F3O4P. The first-order chi connectivity index (χ1) is 7.74. The van der Waals surface area contributed by atoms with Crippen LogP contribution in [0.4, 0.5) is 13.2 Å². The second-order valence-electron chi connectivity index (χ2n) is 2.79. The minimum atomic E-state index is -4.59. The van der Waals surface area contributed by atoms with Crippen LogP contribution in [0.5, 0.6) is 5.75 Å². The average Bonchev–Trinajstić information content (AvgIpc) is 2.15. The molecule has 0 bridgehead atoms. The van der Waals surface area contributed by atoms with Crippen LogP contribution in [0.3, 0.4) is 0 Å². The van der Waals surface area contributed by atoms with Crippen LogP contribution in [0.15, 0.2) is 24.3 Å². The predicted octanol–water partition coefficient (Wildman–Crippen LogP) is 2.79. The van der Waals surface area contributed by atoms with Crippen molar-refractivity contribution in [3.05, 3.63) is 29.8 Å². The Morgan fingerprint density at radius 2 is 2.06 bits per heavy atom. The zero-order chi connectivity index (χ0) is 13.1. The zero-order valence-electron chi connectivity index (χ0n) is 8.14. The Kier molecular flexibility index (Phi) is 3.71. The van der Waals surface area contributed by atoms with Crippen molar-refractivity contribution in [3.8, 4) is 18.3 Å². The largest absolute Gasteiger partial charge is 0.593 e. The van der Waals surface area contributed by atoms with Gasteiger partial charge in [0.1, 0.15) is 11.9 Å². The van der Waals surface area contributed by atoms with Gasteiger partial charge in [0.25, 0.3) is 0 Å². The van der Waals surface area contributed by atoms with Crippen molar-refractivity contribution < 1.29 is 31.7 Å². The molecule has 8 heteroatoms. The van der Waals surface area contributed by atoms with Gasteiger partial charge < -0.3 is 9.05 Å². The van der Waals surface area contributed by atoms with E-state index in [-0.39, 0.29) is 0 Å². The molecule has 0 radical (unpaired) electrons. The van der Waals surface area contributed by atoms with Crippen LogP contribution in [-0.4, -0.2) is 4.89 Å². The maximum Gasteiger partial charge on any atom is 0.593 e. The first kappa shape index (κ1) is 13.4. The summed E-state index contributed by atoms with van der Waals surface area (Å²) in [4.78, 5) is 8.95. The van der Waals surface area contributed by atoms with Gasteiger partial charge in [-0.05, 0) is 18.2 Å². The molecule has 0 spiro atoms. The number of hydrogen-bond acceptors (Lipinski definition) is 3. The number of alkyl halides is 3. The Labute approximate surface area is 94.6 Å². The summed E-state index contributed by atoms with van der Waals surface area (Å²) in [5.41, 5.74) is -1.02. The molecule has 0 aliphatic rings. The van der Waals surface area contributed by atoms with Crippen molar-refractivity contribution in [2.24, 2.45) is 0 Å². The lowest BCUT2D eigenvalue weighted by Gasteiger charge is -2.11. The molecule has 17 heavy (non-hydrogen) atoms. The number of rotatable bonds is 3. The minimum Gasteiger partial charge on any atom is -0.395 e. The quantitative estimate of drug-likeness (QED) is 0.675. The van der Waals surface area contributed by atoms with Crippen molar-refractivity contribution in [2.75, 3.05) is 0 Å². The molecule has 0 aliphatic carbocycles. The van der Waals surface area contributed by atoms with Crippen LogP contribution in [0.2, 0.25) is 0 Å². The van der Waals surface area contributed by atoms with Crippen molar-refractivity contribution in [3.63, 3.8) is 0 Å². The summed E-state index contributed by atoms with van der Waals surface area (Å²) in [5.74, 6) is -0.471. The molecule has 0 saturated carbocycles. The molecule has 1 unspecified atom stereocenters. The number of hydrogen-bond donors (Lipinski definition) is 1. The summed E-state index contributed by atoms with van der Waals surface area (Å²) in [5, 5.41) is 0. The van der Waals surface area contributed by atoms with Crippen molar-refractivity contribution >= 4 is 7.82 Å². The molecule has 92 valence electrons. The van der Waals surface area contributed by atoms with Crippen LogP contribution in [0.1, 0.15) is 5.56 Å². The third-order valence-electron chi connectivity index (χ3n) is 1.55. The lowest BCUT2D eigenvalue weighted by molar-refractivity contribution is -0.137. The van der Waals surface area contributed by atoms with Gasteiger partial charge in [-0.2, -0.15) is 13.2 Å². The fourth-order valence-corrected chi connectivity index (χ4v) is 1.50. The first-order valence-electron chi connectivity index (χ1n) is 4.08. The van der Waals surface area contributed by atoms with Gasteiger partial charge in [-0.1, -0.05) is 12.5 Å². The molecule has 0 saturated heterocycles. The topological polar surface area (TPSA) is 55.8 Å². The van der Waals surface area contributed by atoms with E-state index < -0.39 is 25.3 Å². The Morgan fingerprint density at radius 1 is 1.41 bits per heavy atom. The van der Waals surface area contributed by atoms with E-state index in [1.165, 1.54) is 6.11 Å². The second-order valence-corrected chi connectivity index (χ2v) is 4.10. The van der Waals surface area contributed by atoms with Gasteiger partial charge in [-0.15, -0.1) is 0 Å². The number of halogens is 3. The van der Waals surface area contributed by atoms with E-state index in [1.54, 1.807) is 0 Å². The number of benzene rings is 1. The van der Waals surface area contributed by atoms with Gasteiger partial charge in [0.05, 0.1) is 5.56 Å². The highest BCUT2D eigenvalue weighted by Gasteiger charge is 2.31.